The lowest BCUT2D eigenvalue weighted by atomic mass is 10.1. The number of carbonyl (C=O) groups excluding carboxylic acids is 1. The second-order valence-electron chi connectivity index (χ2n) is 5.78. The quantitative estimate of drug-likeness (QED) is 0.725. The van der Waals surface area contributed by atoms with E-state index in [1.54, 1.807) is 6.20 Å². The fourth-order valence-electron chi connectivity index (χ4n) is 2.76. The molecule has 3 rings (SSSR count). The molecule has 1 aliphatic rings. The molecule has 23 heavy (non-hydrogen) atoms. The van der Waals surface area contributed by atoms with Crippen molar-refractivity contribution < 1.29 is 14.3 Å². The van der Waals surface area contributed by atoms with Crippen LogP contribution in [0.15, 0.2) is 28.9 Å². The van der Waals surface area contributed by atoms with Gasteiger partial charge in [-0.3, -0.25) is 4.79 Å². The summed E-state index contributed by atoms with van der Waals surface area (Å²) in [5.74, 6) is 0.473. The minimum Gasteiger partial charge on any atom is -0.381 e. The van der Waals surface area contributed by atoms with Gasteiger partial charge in [0.05, 0.1) is 18.8 Å². The fraction of sp³-hybridized carbons (Fsp3) is 0.471. The number of carbonyl (C=O) groups is 1. The van der Waals surface area contributed by atoms with Crippen molar-refractivity contribution in [2.75, 3.05) is 33.0 Å². The lowest BCUT2D eigenvalue weighted by Gasteiger charge is -2.09. The van der Waals surface area contributed by atoms with Crippen molar-refractivity contribution >= 4 is 32.7 Å². The van der Waals surface area contributed by atoms with Crippen LogP contribution in [0, 0.1) is 5.92 Å². The largest absolute Gasteiger partial charge is 0.381 e. The first-order chi connectivity index (χ1) is 11.3. The highest BCUT2D eigenvalue weighted by Crippen LogP contribution is 2.26. The number of benzene rings is 1. The summed E-state index contributed by atoms with van der Waals surface area (Å²) in [5, 5.41) is 3.87. The molecule has 0 unspecified atom stereocenters. The molecule has 0 bridgehead atoms. The summed E-state index contributed by atoms with van der Waals surface area (Å²) in [6, 6.07) is 5.84. The first-order valence-corrected chi connectivity index (χ1v) is 8.74. The van der Waals surface area contributed by atoms with Crippen molar-refractivity contribution in [1.82, 2.24) is 10.3 Å². The van der Waals surface area contributed by atoms with Crippen molar-refractivity contribution in [3.63, 3.8) is 0 Å². The van der Waals surface area contributed by atoms with Gasteiger partial charge in [0, 0.05) is 47.2 Å². The molecular formula is C17H21BrN2O3. The molecule has 1 aromatic carbocycles. The van der Waals surface area contributed by atoms with Gasteiger partial charge in [0.25, 0.3) is 5.91 Å². The first-order valence-electron chi connectivity index (χ1n) is 7.95. The Kier molecular flexibility index (Phi) is 5.70. The molecule has 2 aromatic rings. The average molecular weight is 381 g/mol. The Labute approximate surface area is 143 Å². The third-order valence-corrected chi connectivity index (χ3v) is 4.69. The number of nitrogens with one attached hydrogen (secondary N) is 2. The number of ether oxygens (including phenoxy) is 2. The highest BCUT2D eigenvalue weighted by Gasteiger charge is 2.16. The lowest BCUT2D eigenvalue weighted by Crippen LogP contribution is -2.25. The van der Waals surface area contributed by atoms with Gasteiger partial charge >= 0.3 is 0 Å². The summed E-state index contributed by atoms with van der Waals surface area (Å²) >= 11 is 3.50. The summed E-state index contributed by atoms with van der Waals surface area (Å²) in [6.45, 7) is 3.69. The van der Waals surface area contributed by atoms with E-state index in [4.69, 9.17) is 9.47 Å². The maximum absolute atomic E-state index is 12.3. The molecule has 0 spiro atoms. The summed E-state index contributed by atoms with van der Waals surface area (Å²) in [4.78, 5) is 15.4. The maximum Gasteiger partial charge on any atom is 0.253 e. The molecule has 1 aliphatic heterocycles. The molecule has 1 fully saturated rings. The summed E-state index contributed by atoms with van der Waals surface area (Å²) in [6.07, 6.45) is 3.65. The normalized spacial score (nSPS) is 17.7. The van der Waals surface area contributed by atoms with Crippen LogP contribution in [0.1, 0.15) is 23.2 Å². The molecule has 5 nitrogen and oxygen atoms in total. The van der Waals surface area contributed by atoms with E-state index in [0.29, 0.717) is 24.6 Å². The molecule has 124 valence electrons. The van der Waals surface area contributed by atoms with E-state index in [0.717, 1.165) is 48.0 Å². The minimum absolute atomic E-state index is 0.0626. The Bertz CT molecular complexity index is 665. The molecule has 1 saturated heterocycles. The number of aromatic nitrogens is 1. The topological polar surface area (TPSA) is 63.4 Å². The van der Waals surface area contributed by atoms with Crippen LogP contribution < -0.4 is 5.32 Å². The molecule has 0 aliphatic carbocycles. The zero-order valence-corrected chi connectivity index (χ0v) is 14.5. The number of fused-ring (bicyclic) bond motifs is 1. The molecule has 2 heterocycles. The highest BCUT2D eigenvalue weighted by molar-refractivity contribution is 9.10. The van der Waals surface area contributed by atoms with E-state index in [2.05, 4.69) is 26.2 Å². The Balaban J connectivity index is 1.42. The van der Waals surface area contributed by atoms with Gasteiger partial charge in [0.2, 0.25) is 0 Å². The molecule has 2 N–H and O–H groups in total. The zero-order chi connectivity index (χ0) is 16.1. The second kappa shape index (κ2) is 7.95. The van der Waals surface area contributed by atoms with Gasteiger partial charge in [-0.1, -0.05) is 22.0 Å². The summed E-state index contributed by atoms with van der Waals surface area (Å²) in [5.41, 5.74) is 1.61. The number of aromatic amines is 1. The van der Waals surface area contributed by atoms with Gasteiger partial charge in [-0.25, -0.2) is 0 Å². The Morgan fingerprint density at radius 3 is 3.22 bits per heavy atom. The summed E-state index contributed by atoms with van der Waals surface area (Å²) < 4.78 is 11.9. The molecule has 1 aromatic heterocycles. The maximum atomic E-state index is 12.3. The SMILES string of the molecule is O=C(NCCCOC[C@H]1CCOC1)c1c[nH]c2cccc(Br)c12. The molecule has 6 heteroatoms. The highest BCUT2D eigenvalue weighted by atomic mass is 79.9. The van der Waals surface area contributed by atoms with Crippen LogP contribution in [0.3, 0.4) is 0 Å². The van der Waals surface area contributed by atoms with Crippen molar-refractivity contribution in [2.24, 2.45) is 5.92 Å². The van der Waals surface area contributed by atoms with Gasteiger partial charge in [0.1, 0.15) is 0 Å². The van der Waals surface area contributed by atoms with Crippen molar-refractivity contribution in [1.29, 1.82) is 0 Å². The van der Waals surface area contributed by atoms with Crippen LogP contribution in [-0.2, 0) is 9.47 Å². The van der Waals surface area contributed by atoms with Gasteiger partial charge in [-0.05, 0) is 25.0 Å². The van der Waals surface area contributed by atoms with E-state index in [1.165, 1.54) is 0 Å². The van der Waals surface area contributed by atoms with E-state index >= 15 is 0 Å². The number of amides is 1. The molecule has 1 amide bonds. The van der Waals surface area contributed by atoms with Crippen LogP contribution in [-0.4, -0.2) is 43.9 Å². The second-order valence-corrected chi connectivity index (χ2v) is 6.63. The van der Waals surface area contributed by atoms with Crippen LogP contribution in [0.4, 0.5) is 0 Å². The standard InChI is InChI=1S/C17H21BrN2O3/c18-14-3-1-4-15-16(14)13(9-20-15)17(21)19-6-2-7-22-10-12-5-8-23-11-12/h1,3-4,9,12,20H,2,5-8,10-11H2,(H,19,21)/t12-/m1/s1. The first kappa shape index (κ1) is 16.5. The Morgan fingerprint density at radius 2 is 2.39 bits per heavy atom. The predicted octanol–water partition coefficient (Wildman–Crippen LogP) is 3.10. The lowest BCUT2D eigenvalue weighted by molar-refractivity contribution is 0.0854. The van der Waals surface area contributed by atoms with Crippen LogP contribution in [0.25, 0.3) is 10.9 Å². The van der Waals surface area contributed by atoms with Crippen LogP contribution >= 0.6 is 15.9 Å². The third kappa shape index (κ3) is 4.13. The van der Waals surface area contributed by atoms with E-state index in [-0.39, 0.29) is 5.91 Å². The number of hydrogen-bond donors (Lipinski definition) is 2. The van der Waals surface area contributed by atoms with E-state index in [1.807, 2.05) is 18.2 Å². The third-order valence-electron chi connectivity index (χ3n) is 4.03. The van der Waals surface area contributed by atoms with Crippen molar-refractivity contribution in [2.45, 2.75) is 12.8 Å². The molecule has 0 radical (unpaired) electrons. The number of rotatable bonds is 7. The zero-order valence-electron chi connectivity index (χ0n) is 12.9. The predicted molar refractivity (Wildman–Crippen MR) is 92.7 cm³/mol. The van der Waals surface area contributed by atoms with Gasteiger partial charge in [-0.15, -0.1) is 0 Å². The average Bonchev–Trinajstić information content (AvgIpc) is 3.20. The molecular weight excluding hydrogens is 360 g/mol. The van der Waals surface area contributed by atoms with Crippen molar-refractivity contribution in [3.05, 3.63) is 34.4 Å². The molecule has 0 saturated carbocycles. The van der Waals surface area contributed by atoms with Gasteiger partial charge in [0.15, 0.2) is 0 Å². The van der Waals surface area contributed by atoms with Gasteiger partial charge < -0.3 is 19.8 Å². The van der Waals surface area contributed by atoms with Crippen LogP contribution in [0.5, 0.6) is 0 Å². The number of hydrogen-bond acceptors (Lipinski definition) is 3. The van der Waals surface area contributed by atoms with Crippen LogP contribution in [0.2, 0.25) is 0 Å². The monoisotopic (exact) mass is 380 g/mol. The smallest absolute Gasteiger partial charge is 0.253 e. The van der Waals surface area contributed by atoms with E-state index in [9.17, 15) is 4.79 Å². The number of halogens is 1. The Hall–Kier alpha value is -1.37. The minimum atomic E-state index is -0.0626. The fourth-order valence-corrected chi connectivity index (χ4v) is 3.34. The molecule has 1 atom stereocenters. The van der Waals surface area contributed by atoms with Crippen molar-refractivity contribution in [3.8, 4) is 0 Å². The summed E-state index contributed by atoms with van der Waals surface area (Å²) in [7, 11) is 0. The number of H-pyrrole nitrogens is 1. The van der Waals surface area contributed by atoms with E-state index < -0.39 is 0 Å². The van der Waals surface area contributed by atoms with Gasteiger partial charge in [-0.2, -0.15) is 0 Å². The Morgan fingerprint density at radius 1 is 1.48 bits per heavy atom.